The van der Waals surface area contributed by atoms with Gasteiger partial charge < -0.3 is 9.47 Å². The largest absolute Gasteiger partial charge is 0.466 e. The Bertz CT molecular complexity index is 725. The van der Waals surface area contributed by atoms with E-state index in [1.807, 2.05) is 30.3 Å². The van der Waals surface area contributed by atoms with Gasteiger partial charge in [-0.1, -0.05) is 35.9 Å². The summed E-state index contributed by atoms with van der Waals surface area (Å²) in [4.78, 5) is 36.1. The predicted octanol–water partition coefficient (Wildman–Crippen LogP) is 2.55. The van der Waals surface area contributed by atoms with Crippen LogP contribution in [0.25, 0.3) is 0 Å². The van der Waals surface area contributed by atoms with Crippen molar-refractivity contribution in [1.29, 1.82) is 0 Å². The minimum absolute atomic E-state index is 0.0919. The fourth-order valence-electron chi connectivity index (χ4n) is 2.86. The van der Waals surface area contributed by atoms with Gasteiger partial charge in [-0.05, 0) is 24.5 Å². The number of benzene rings is 1. The highest BCUT2D eigenvalue weighted by Crippen LogP contribution is 2.33. The summed E-state index contributed by atoms with van der Waals surface area (Å²) in [5, 5.41) is 0. The lowest BCUT2D eigenvalue weighted by Crippen LogP contribution is -2.22. The van der Waals surface area contributed by atoms with Gasteiger partial charge in [-0.2, -0.15) is 0 Å². The van der Waals surface area contributed by atoms with E-state index in [-0.39, 0.29) is 29.8 Å². The zero-order chi connectivity index (χ0) is 17.7. The average molecular weight is 328 g/mol. The molecule has 2 rings (SSSR count). The van der Waals surface area contributed by atoms with Gasteiger partial charge in [0.1, 0.15) is 0 Å². The number of carbonyl (C=O) groups excluding carboxylic acids is 3. The molecule has 0 saturated heterocycles. The monoisotopic (exact) mass is 328 g/mol. The van der Waals surface area contributed by atoms with Gasteiger partial charge in [0.25, 0.3) is 0 Å². The van der Waals surface area contributed by atoms with E-state index in [1.165, 1.54) is 21.1 Å². The Kier molecular flexibility index (Phi) is 5.68. The Morgan fingerprint density at radius 3 is 1.92 bits per heavy atom. The number of esters is 2. The van der Waals surface area contributed by atoms with Crippen LogP contribution in [0, 0.1) is 0 Å². The van der Waals surface area contributed by atoms with Crippen LogP contribution in [-0.2, 0) is 30.3 Å². The second-order valence-corrected chi connectivity index (χ2v) is 5.59. The topological polar surface area (TPSA) is 69.7 Å². The zero-order valence-electron chi connectivity index (χ0n) is 14.0. The predicted molar refractivity (Wildman–Crippen MR) is 88.1 cm³/mol. The van der Waals surface area contributed by atoms with Crippen LogP contribution < -0.4 is 0 Å². The van der Waals surface area contributed by atoms with Gasteiger partial charge in [0.2, 0.25) is 0 Å². The van der Waals surface area contributed by atoms with Crippen molar-refractivity contribution in [2.75, 3.05) is 14.2 Å². The molecule has 1 aromatic carbocycles. The summed E-state index contributed by atoms with van der Waals surface area (Å²) in [6, 6.07) is 9.68. The van der Waals surface area contributed by atoms with Crippen molar-refractivity contribution in [3.63, 3.8) is 0 Å². The van der Waals surface area contributed by atoms with Crippen LogP contribution in [0.4, 0.5) is 0 Å². The van der Waals surface area contributed by atoms with Crippen LogP contribution in [0.1, 0.15) is 25.3 Å². The fourth-order valence-corrected chi connectivity index (χ4v) is 2.86. The molecule has 0 unspecified atom stereocenters. The molecule has 1 aliphatic rings. The second kappa shape index (κ2) is 7.73. The van der Waals surface area contributed by atoms with Crippen molar-refractivity contribution in [3.05, 3.63) is 58.2 Å². The Morgan fingerprint density at radius 2 is 1.42 bits per heavy atom. The summed E-state index contributed by atoms with van der Waals surface area (Å²) in [7, 11) is 2.52. The first-order valence-corrected chi connectivity index (χ1v) is 7.62. The van der Waals surface area contributed by atoms with Crippen molar-refractivity contribution >= 4 is 17.7 Å². The lowest BCUT2D eigenvalue weighted by atomic mass is 9.82. The maximum Gasteiger partial charge on any atom is 0.334 e. The Labute approximate surface area is 141 Å². The van der Waals surface area contributed by atoms with E-state index < -0.39 is 11.9 Å². The molecule has 1 aliphatic carbocycles. The third-order valence-electron chi connectivity index (χ3n) is 4.08. The summed E-state index contributed by atoms with van der Waals surface area (Å²) < 4.78 is 9.55. The number of hydrogen-bond donors (Lipinski definition) is 0. The van der Waals surface area contributed by atoms with E-state index >= 15 is 0 Å². The fraction of sp³-hybridized carbons (Fsp3) is 0.316. The molecular weight excluding hydrogens is 308 g/mol. The molecule has 0 saturated carbocycles. The van der Waals surface area contributed by atoms with E-state index in [1.54, 1.807) is 0 Å². The van der Waals surface area contributed by atoms with Gasteiger partial charge in [0, 0.05) is 12.8 Å². The van der Waals surface area contributed by atoms with Gasteiger partial charge >= 0.3 is 11.9 Å². The van der Waals surface area contributed by atoms with Gasteiger partial charge in [-0.3, -0.25) is 4.79 Å². The molecule has 0 atom stereocenters. The number of ketones is 1. The van der Waals surface area contributed by atoms with Gasteiger partial charge in [0.05, 0.1) is 25.4 Å². The first kappa shape index (κ1) is 17.7. The van der Waals surface area contributed by atoms with Crippen LogP contribution >= 0.6 is 0 Å². The SMILES string of the molecule is COC(=O)C1=C(C(=O)OC)CC(C(C)=O)=C(Cc2ccccc2)C1. The standard InChI is InChI=1S/C19H20O5/c1-12(20)15-11-17(19(22)24-3)16(18(21)23-2)10-14(15)9-13-7-5-4-6-8-13/h4-8H,9-11H2,1-3H3. The van der Waals surface area contributed by atoms with E-state index in [2.05, 4.69) is 0 Å². The molecule has 24 heavy (non-hydrogen) atoms. The molecular formula is C19H20O5. The van der Waals surface area contributed by atoms with Gasteiger partial charge in [-0.15, -0.1) is 0 Å². The molecule has 126 valence electrons. The molecule has 1 aromatic rings. The number of hydrogen-bond acceptors (Lipinski definition) is 5. The minimum atomic E-state index is -0.604. The molecule has 0 bridgehead atoms. The normalized spacial score (nSPS) is 14.5. The average Bonchev–Trinajstić information content (AvgIpc) is 2.60. The molecule has 0 radical (unpaired) electrons. The quantitative estimate of drug-likeness (QED) is 0.777. The number of carbonyl (C=O) groups is 3. The Hall–Kier alpha value is -2.69. The molecule has 0 aromatic heterocycles. The van der Waals surface area contributed by atoms with Crippen LogP contribution in [0.5, 0.6) is 0 Å². The van der Waals surface area contributed by atoms with Crippen molar-refractivity contribution in [3.8, 4) is 0 Å². The van der Waals surface area contributed by atoms with E-state index in [9.17, 15) is 14.4 Å². The lowest BCUT2D eigenvalue weighted by Gasteiger charge is -2.23. The second-order valence-electron chi connectivity index (χ2n) is 5.59. The molecule has 0 aliphatic heterocycles. The van der Waals surface area contributed by atoms with E-state index in [0.29, 0.717) is 12.0 Å². The van der Waals surface area contributed by atoms with E-state index in [4.69, 9.17) is 9.47 Å². The number of ether oxygens (including phenoxy) is 2. The van der Waals surface area contributed by atoms with Gasteiger partial charge in [0.15, 0.2) is 5.78 Å². The molecule has 0 heterocycles. The third kappa shape index (κ3) is 3.79. The molecule has 5 nitrogen and oxygen atoms in total. The summed E-state index contributed by atoms with van der Waals surface area (Å²) in [5.41, 5.74) is 2.90. The number of rotatable bonds is 5. The van der Waals surface area contributed by atoms with Crippen molar-refractivity contribution in [2.24, 2.45) is 0 Å². The maximum atomic E-state index is 12.1. The highest BCUT2D eigenvalue weighted by atomic mass is 16.5. The molecule has 0 spiro atoms. The number of allylic oxidation sites excluding steroid dienone is 2. The summed E-state index contributed by atoms with van der Waals surface area (Å²) in [6.45, 7) is 1.47. The van der Waals surface area contributed by atoms with Crippen molar-refractivity contribution in [2.45, 2.75) is 26.2 Å². The molecule has 0 fully saturated rings. The van der Waals surface area contributed by atoms with Crippen molar-refractivity contribution in [1.82, 2.24) is 0 Å². The van der Waals surface area contributed by atoms with E-state index in [0.717, 1.165) is 11.1 Å². The first-order chi connectivity index (χ1) is 11.5. The van der Waals surface area contributed by atoms with Crippen LogP contribution in [-0.4, -0.2) is 31.9 Å². The third-order valence-corrected chi connectivity index (χ3v) is 4.08. The number of Topliss-reactive ketones (excluding diaryl/α,β-unsaturated/α-hetero) is 1. The molecule has 0 N–H and O–H groups in total. The molecule has 0 amide bonds. The summed E-state index contributed by atoms with van der Waals surface area (Å²) in [6.07, 6.45) is 0.847. The van der Waals surface area contributed by atoms with Crippen LogP contribution in [0.3, 0.4) is 0 Å². The smallest absolute Gasteiger partial charge is 0.334 e. The zero-order valence-corrected chi connectivity index (χ0v) is 14.0. The van der Waals surface area contributed by atoms with Gasteiger partial charge in [-0.25, -0.2) is 9.59 Å². The van der Waals surface area contributed by atoms with Crippen LogP contribution in [0.2, 0.25) is 0 Å². The molecule has 5 heteroatoms. The summed E-state index contributed by atoms with van der Waals surface area (Å²) >= 11 is 0. The highest BCUT2D eigenvalue weighted by Gasteiger charge is 2.31. The van der Waals surface area contributed by atoms with Crippen LogP contribution in [0.15, 0.2) is 52.6 Å². The Balaban J connectivity index is 2.43. The highest BCUT2D eigenvalue weighted by molar-refractivity contribution is 6.05. The minimum Gasteiger partial charge on any atom is -0.466 e. The summed E-state index contributed by atoms with van der Waals surface area (Å²) in [5.74, 6) is -1.28. The maximum absolute atomic E-state index is 12.1. The lowest BCUT2D eigenvalue weighted by molar-refractivity contribution is -0.139. The number of methoxy groups -OCH3 is 2. The Morgan fingerprint density at radius 1 is 0.875 bits per heavy atom. The first-order valence-electron chi connectivity index (χ1n) is 7.62. The van der Waals surface area contributed by atoms with Crippen molar-refractivity contribution < 1.29 is 23.9 Å².